The normalized spacial score (nSPS) is 16.4. The summed E-state index contributed by atoms with van der Waals surface area (Å²) in [5.74, 6) is -0.838. The summed E-state index contributed by atoms with van der Waals surface area (Å²) in [5.41, 5.74) is 0.110. The topological polar surface area (TPSA) is 76.1 Å². The van der Waals surface area contributed by atoms with Crippen LogP contribution in [0, 0.1) is 0 Å². The summed E-state index contributed by atoms with van der Waals surface area (Å²) in [6, 6.07) is 4.45. The Kier molecular flexibility index (Phi) is 5.19. The molecule has 0 radical (unpaired) electrons. The zero-order valence-corrected chi connectivity index (χ0v) is 13.1. The Labute approximate surface area is 130 Å². The number of carboxylic acids is 1. The van der Waals surface area contributed by atoms with Crippen molar-refractivity contribution in [1.82, 2.24) is 4.90 Å². The number of hydrogen-bond donors (Lipinski definition) is 1. The van der Waals surface area contributed by atoms with Crippen LogP contribution in [0.25, 0.3) is 0 Å². The van der Waals surface area contributed by atoms with Gasteiger partial charge in [-0.1, -0.05) is 0 Å². The lowest BCUT2D eigenvalue weighted by molar-refractivity contribution is -0.142. The van der Waals surface area contributed by atoms with Crippen LogP contribution in [-0.2, 0) is 9.53 Å². The van der Waals surface area contributed by atoms with Gasteiger partial charge in [-0.3, -0.25) is 4.79 Å². The molecule has 1 heterocycles. The first-order valence-corrected chi connectivity index (χ1v) is 7.34. The fourth-order valence-corrected chi connectivity index (χ4v) is 2.35. The van der Waals surface area contributed by atoms with Crippen LogP contribution in [0.3, 0.4) is 0 Å². The highest BCUT2D eigenvalue weighted by Gasteiger charge is 2.24. The predicted molar refractivity (Wildman–Crippen MR) is 78.6 cm³/mol. The van der Waals surface area contributed by atoms with Crippen LogP contribution in [0.1, 0.15) is 17.3 Å². The molecule has 0 bridgehead atoms. The molecule has 1 saturated heterocycles. The van der Waals surface area contributed by atoms with Crippen molar-refractivity contribution in [3.05, 3.63) is 28.2 Å². The second-order valence-electron chi connectivity index (χ2n) is 4.65. The molecule has 1 N–H and O–H groups in total. The third-order valence-corrected chi connectivity index (χ3v) is 3.81. The van der Waals surface area contributed by atoms with Gasteiger partial charge in [0.1, 0.15) is 5.75 Å². The lowest BCUT2D eigenvalue weighted by Crippen LogP contribution is -2.46. The maximum Gasteiger partial charge on any atom is 0.335 e. The summed E-state index contributed by atoms with van der Waals surface area (Å²) in [6.07, 6.45) is -0.691. The number of benzene rings is 1. The van der Waals surface area contributed by atoms with E-state index in [2.05, 4.69) is 15.9 Å². The van der Waals surface area contributed by atoms with Crippen molar-refractivity contribution in [2.75, 3.05) is 26.3 Å². The van der Waals surface area contributed by atoms with Crippen LogP contribution < -0.4 is 4.74 Å². The van der Waals surface area contributed by atoms with Crippen molar-refractivity contribution in [1.29, 1.82) is 0 Å². The van der Waals surface area contributed by atoms with Crippen LogP contribution in [0.15, 0.2) is 22.7 Å². The summed E-state index contributed by atoms with van der Waals surface area (Å²) in [7, 11) is 0. The van der Waals surface area contributed by atoms with Gasteiger partial charge in [0.05, 0.1) is 23.2 Å². The number of carbonyl (C=O) groups excluding carboxylic acids is 1. The van der Waals surface area contributed by atoms with Crippen LogP contribution in [0.5, 0.6) is 5.75 Å². The Morgan fingerprint density at radius 1 is 1.38 bits per heavy atom. The van der Waals surface area contributed by atoms with Gasteiger partial charge in [0.2, 0.25) is 0 Å². The highest BCUT2D eigenvalue weighted by atomic mass is 79.9. The molecule has 1 amide bonds. The zero-order valence-electron chi connectivity index (χ0n) is 11.5. The first-order valence-electron chi connectivity index (χ1n) is 6.55. The molecule has 1 aliphatic heterocycles. The molecule has 114 valence electrons. The molecule has 1 fully saturated rings. The van der Waals surface area contributed by atoms with E-state index in [0.29, 0.717) is 36.5 Å². The molecule has 1 aromatic rings. The number of nitrogens with zero attached hydrogens (tertiary/aromatic N) is 1. The molecule has 7 heteroatoms. The Morgan fingerprint density at radius 2 is 2.05 bits per heavy atom. The van der Waals surface area contributed by atoms with Crippen molar-refractivity contribution >= 4 is 27.8 Å². The van der Waals surface area contributed by atoms with Crippen molar-refractivity contribution < 1.29 is 24.2 Å². The van der Waals surface area contributed by atoms with Gasteiger partial charge in [0.25, 0.3) is 5.91 Å². The Morgan fingerprint density at radius 3 is 2.67 bits per heavy atom. The van der Waals surface area contributed by atoms with Crippen molar-refractivity contribution in [2.24, 2.45) is 0 Å². The first kappa shape index (κ1) is 15.8. The molecular weight excluding hydrogens is 342 g/mol. The fraction of sp³-hybridized carbons (Fsp3) is 0.429. The zero-order chi connectivity index (χ0) is 15.4. The van der Waals surface area contributed by atoms with Gasteiger partial charge in [0, 0.05) is 13.1 Å². The summed E-state index contributed by atoms with van der Waals surface area (Å²) in [5, 5.41) is 8.99. The average molecular weight is 358 g/mol. The lowest BCUT2D eigenvalue weighted by atomic mass is 10.2. The standard InChI is InChI=1S/C14H16BrNO5/c1-9(13(17)16-4-6-20-7-5-16)21-12-8-10(14(18)19)2-3-11(12)15/h2-3,8-9H,4-7H2,1H3,(H,18,19). The number of carbonyl (C=O) groups is 2. The van der Waals surface area contributed by atoms with E-state index in [1.807, 2.05) is 0 Å². The highest BCUT2D eigenvalue weighted by Crippen LogP contribution is 2.27. The minimum atomic E-state index is -1.04. The number of aromatic carboxylic acids is 1. The summed E-state index contributed by atoms with van der Waals surface area (Å²) in [4.78, 5) is 24.9. The minimum absolute atomic E-state index is 0.110. The number of rotatable bonds is 4. The summed E-state index contributed by atoms with van der Waals surface area (Å²) >= 11 is 3.29. The van der Waals surface area contributed by atoms with E-state index in [-0.39, 0.29) is 11.5 Å². The second kappa shape index (κ2) is 6.91. The molecule has 1 atom stereocenters. The molecule has 0 saturated carbocycles. The molecular formula is C14H16BrNO5. The number of carboxylic acid groups (broad SMARTS) is 1. The number of hydrogen-bond acceptors (Lipinski definition) is 4. The second-order valence-corrected chi connectivity index (χ2v) is 5.50. The number of halogens is 1. The molecule has 21 heavy (non-hydrogen) atoms. The van der Waals surface area contributed by atoms with E-state index in [9.17, 15) is 9.59 Å². The molecule has 1 aliphatic rings. The third-order valence-electron chi connectivity index (χ3n) is 3.15. The highest BCUT2D eigenvalue weighted by molar-refractivity contribution is 9.10. The van der Waals surface area contributed by atoms with Gasteiger partial charge in [0.15, 0.2) is 6.10 Å². The molecule has 0 aliphatic carbocycles. The SMILES string of the molecule is CC(Oc1cc(C(=O)O)ccc1Br)C(=O)N1CCOCC1. The smallest absolute Gasteiger partial charge is 0.335 e. The Balaban J connectivity index is 2.07. The maximum absolute atomic E-state index is 12.2. The van der Waals surface area contributed by atoms with E-state index < -0.39 is 12.1 Å². The van der Waals surface area contributed by atoms with Crippen LogP contribution >= 0.6 is 15.9 Å². The van der Waals surface area contributed by atoms with Gasteiger partial charge in [-0.05, 0) is 41.1 Å². The van der Waals surface area contributed by atoms with Gasteiger partial charge in [-0.15, -0.1) is 0 Å². The number of amides is 1. The van der Waals surface area contributed by atoms with Crippen LogP contribution in [0.4, 0.5) is 0 Å². The monoisotopic (exact) mass is 357 g/mol. The van der Waals surface area contributed by atoms with E-state index in [1.165, 1.54) is 12.1 Å². The van der Waals surface area contributed by atoms with Crippen LogP contribution in [-0.4, -0.2) is 54.3 Å². The largest absolute Gasteiger partial charge is 0.480 e. The van der Waals surface area contributed by atoms with Gasteiger partial charge in [-0.25, -0.2) is 4.79 Å². The van der Waals surface area contributed by atoms with Gasteiger partial charge < -0.3 is 19.5 Å². The quantitative estimate of drug-likeness (QED) is 0.888. The Bertz CT molecular complexity index is 542. The summed E-state index contributed by atoms with van der Waals surface area (Å²) < 4.78 is 11.4. The van der Waals surface area contributed by atoms with Gasteiger partial charge in [-0.2, -0.15) is 0 Å². The van der Waals surface area contributed by atoms with Crippen molar-refractivity contribution in [2.45, 2.75) is 13.0 Å². The first-order chi connectivity index (χ1) is 9.99. The summed E-state index contributed by atoms with van der Waals surface area (Å²) in [6.45, 7) is 3.79. The maximum atomic E-state index is 12.2. The number of morpholine rings is 1. The molecule has 1 aromatic carbocycles. The molecule has 0 aromatic heterocycles. The van der Waals surface area contributed by atoms with Crippen molar-refractivity contribution in [3.63, 3.8) is 0 Å². The van der Waals surface area contributed by atoms with E-state index in [0.717, 1.165) is 0 Å². The lowest BCUT2D eigenvalue weighted by Gasteiger charge is -2.29. The minimum Gasteiger partial charge on any atom is -0.480 e. The van der Waals surface area contributed by atoms with Crippen molar-refractivity contribution in [3.8, 4) is 5.75 Å². The van der Waals surface area contributed by atoms with E-state index >= 15 is 0 Å². The average Bonchev–Trinajstić information content (AvgIpc) is 2.49. The molecule has 6 nitrogen and oxygen atoms in total. The predicted octanol–water partition coefficient (Wildman–Crippen LogP) is 1.77. The molecule has 2 rings (SSSR count). The van der Waals surface area contributed by atoms with Crippen LogP contribution in [0.2, 0.25) is 0 Å². The van der Waals surface area contributed by atoms with Gasteiger partial charge >= 0.3 is 5.97 Å². The molecule has 1 unspecified atom stereocenters. The van der Waals surface area contributed by atoms with E-state index in [4.69, 9.17) is 14.6 Å². The van der Waals surface area contributed by atoms with E-state index in [1.54, 1.807) is 17.9 Å². The fourth-order valence-electron chi connectivity index (χ4n) is 2.01. The number of ether oxygens (including phenoxy) is 2. The molecule has 0 spiro atoms. The Hall–Kier alpha value is -1.60. The third kappa shape index (κ3) is 3.95.